The first-order valence-corrected chi connectivity index (χ1v) is 19.9. The Bertz CT molecular complexity index is 3250. The van der Waals surface area contributed by atoms with Crippen molar-refractivity contribution in [1.82, 2.24) is 4.57 Å². The maximum absolute atomic E-state index is 2.41. The van der Waals surface area contributed by atoms with Crippen LogP contribution in [0.4, 0.5) is 17.1 Å². The highest BCUT2D eigenvalue weighted by molar-refractivity contribution is 6.21. The van der Waals surface area contributed by atoms with Crippen molar-refractivity contribution in [2.75, 3.05) is 4.90 Å². The van der Waals surface area contributed by atoms with E-state index in [0.717, 1.165) is 22.7 Å². The number of hydrogen-bond donors (Lipinski definition) is 0. The lowest BCUT2D eigenvalue weighted by atomic mass is 9.93. The van der Waals surface area contributed by atoms with Gasteiger partial charge >= 0.3 is 0 Å². The van der Waals surface area contributed by atoms with Gasteiger partial charge in [-0.2, -0.15) is 0 Å². The van der Waals surface area contributed by atoms with Gasteiger partial charge in [0.05, 0.1) is 11.0 Å². The van der Waals surface area contributed by atoms with Crippen molar-refractivity contribution < 1.29 is 0 Å². The Morgan fingerprint density at radius 3 is 1.62 bits per heavy atom. The van der Waals surface area contributed by atoms with Gasteiger partial charge in [0.1, 0.15) is 0 Å². The number of para-hydroxylation sites is 1. The summed E-state index contributed by atoms with van der Waals surface area (Å²) in [5.74, 6) is 0. The first kappa shape index (κ1) is 33.6. The molecule has 1 heterocycles. The lowest BCUT2D eigenvalue weighted by Crippen LogP contribution is -2.10. The molecule has 11 rings (SSSR count). The molecule has 2 nitrogen and oxygen atoms in total. The van der Waals surface area contributed by atoms with Crippen LogP contribution in [0.15, 0.2) is 231 Å². The molecule has 11 aromatic rings. The van der Waals surface area contributed by atoms with E-state index in [1.165, 1.54) is 76.7 Å². The standard InChI is InChI=1S/C56H38N2/c1-3-14-39(15-4-1)43-20-13-21-49(37-43)57(46-29-26-42(27-30-46)53-38-45(40-16-5-2-6-17-40)36-44-19-8-9-22-50(44)53)47-31-33-48(34-32-47)58-54-25-12-11-24-52(54)56-51-23-10-7-18-41(51)28-35-55(56)58/h1-38H. The van der Waals surface area contributed by atoms with Gasteiger partial charge in [0.25, 0.3) is 0 Å². The molecule has 58 heavy (non-hydrogen) atoms. The summed E-state index contributed by atoms with van der Waals surface area (Å²) in [5, 5.41) is 7.57. The van der Waals surface area contributed by atoms with Gasteiger partial charge in [-0.15, -0.1) is 0 Å². The van der Waals surface area contributed by atoms with E-state index in [9.17, 15) is 0 Å². The SMILES string of the molecule is c1ccc(-c2cccc(N(c3ccc(-c4cc(-c5ccccc5)cc5ccccc45)cc3)c3ccc(-n4c5ccccc5c5c6ccccc6ccc54)cc3)c2)cc1. The smallest absolute Gasteiger partial charge is 0.0547 e. The van der Waals surface area contributed by atoms with Crippen LogP contribution >= 0.6 is 0 Å². The Labute approximate surface area is 338 Å². The molecule has 0 radical (unpaired) electrons. The predicted molar refractivity (Wildman–Crippen MR) is 247 cm³/mol. The average Bonchev–Trinajstić information content (AvgIpc) is 3.65. The molecule has 0 saturated heterocycles. The van der Waals surface area contributed by atoms with Crippen LogP contribution in [0.1, 0.15) is 0 Å². The number of hydrogen-bond acceptors (Lipinski definition) is 1. The van der Waals surface area contributed by atoms with Crippen LogP contribution in [0, 0.1) is 0 Å². The first-order chi connectivity index (χ1) is 28.8. The molecule has 0 N–H and O–H groups in total. The third kappa shape index (κ3) is 5.82. The van der Waals surface area contributed by atoms with E-state index in [4.69, 9.17) is 0 Å². The van der Waals surface area contributed by atoms with E-state index in [0.29, 0.717) is 0 Å². The molecule has 0 unspecified atom stereocenters. The van der Waals surface area contributed by atoms with Crippen molar-refractivity contribution in [3.8, 4) is 39.1 Å². The largest absolute Gasteiger partial charge is 0.310 e. The van der Waals surface area contributed by atoms with E-state index in [-0.39, 0.29) is 0 Å². The van der Waals surface area contributed by atoms with Crippen LogP contribution in [0.25, 0.3) is 82.4 Å². The van der Waals surface area contributed by atoms with Crippen LogP contribution in [0.2, 0.25) is 0 Å². The number of benzene rings is 10. The van der Waals surface area contributed by atoms with E-state index in [1.54, 1.807) is 0 Å². The highest BCUT2D eigenvalue weighted by Crippen LogP contribution is 2.41. The monoisotopic (exact) mass is 738 g/mol. The van der Waals surface area contributed by atoms with Crippen LogP contribution in [0.5, 0.6) is 0 Å². The average molecular weight is 739 g/mol. The molecule has 0 fully saturated rings. The third-order valence-corrected chi connectivity index (χ3v) is 11.5. The van der Waals surface area contributed by atoms with Gasteiger partial charge in [-0.1, -0.05) is 158 Å². The lowest BCUT2D eigenvalue weighted by molar-refractivity contribution is 1.17. The Balaban J connectivity index is 1.04. The van der Waals surface area contributed by atoms with Crippen molar-refractivity contribution in [2.45, 2.75) is 0 Å². The molecule has 272 valence electrons. The molecule has 0 aliphatic carbocycles. The molecular formula is C56H38N2. The molecule has 0 saturated carbocycles. The van der Waals surface area contributed by atoms with Crippen LogP contribution in [0.3, 0.4) is 0 Å². The Hall–Kier alpha value is -7.68. The molecule has 2 heteroatoms. The maximum atomic E-state index is 2.41. The summed E-state index contributed by atoms with van der Waals surface area (Å²) in [4.78, 5) is 2.37. The molecule has 0 atom stereocenters. The van der Waals surface area contributed by atoms with Gasteiger partial charge in [-0.25, -0.2) is 0 Å². The molecule has 0 aliphatic rings. The number of rotatable bonds is 7. The summed E-state index contributed by atoms with van der Waals surface area (Å²) in [6, 6.07) is 83.6. The van der Waals surface area contributed by atoms with E-state index in [2.05, 4.69) is 240 Å². The fraction of sp³-hybridized carbons (Fsp3) is 0. The molecule has 0 bridgehead atoms. The number of aromatic nitrogens is 1. The molecule has 0 amide bonds. The molecule has 1 aromatic heterocycles. The highest BCUT2D eigenvalue weighted by Gasteiger charge is 2.18. The Morgan fingerprint density at radius 1 is 0.293 bits per heavy atom. The fourth-order valence-electron chi connectivity index (χ4n) is 8.81. The van der Waals surface area contributed by atoms with Crippen LogP contribution in [-0.4, -0.2) is 4.57 Å². The zero-order valence-electron chi connectivity index (χ0n) is 31.8. The second-order valence-corrected chi connectivity index (χ2v) is 15.0. The van der Waals surface area contributed by atoms with E-state index < -0.39 is 0 Å². The molecule has 0 spiro atoms. The van der Waals surface area contributed by atoms with Crippen molar-refractivity contribution >= 4 is 60.4 Å². The van der Waals surface area contributed by atoms with Crippen LogP contribution < -0.4 is 4.90 Å². The minimum atomic E-state index is 1.09. The Kier molecular flexibility index (Phi) is 8.19. The predicted octanol–water partition coefficient (Wildman–Crippen LogP) is 15.6. The lowest BCUT2D eigenvalue weighted by Gasteiger charge is -2.26. The van der Waals surface area contributed by atoms with Crippen molar-refractivity contribution in [3.05, 3.63) is 231 Å². The third-order valence-electron chi connectivity index (χ3n) is 11.5. The normalized spacial score (nSPS) is 11.4. The van der Waals surface area contributed by atoms with Crippen molar-refractivity contribution in [3.63, 3.8) is 0 Å². The molecular weight excluding hydrogens is 701 g/mol. The number of anilines is 3. The second-order valence-electron chi connectivity index (χ2n) is 15.0. The van der Waals surface area contributed by atoms with Gasteiger partial charge in [0, 0.05) is 33.5 Å². The van der Waals surface area contributed by atoms with Crippen molar-refractivity contribution in [1.29, 1.82) is 0 Å². The van der Waals surface area contributed by atoms with E-state index in [1.807, 2.05) is 0 Å². The minimum Gasteiger partial charge on any atom is -0.310 e. The summed E-state index contributed by atoms with van der Waals surface area (Å²) >= 11 is 0. The van der Waals surface area contributed by atoms with Crippen molar-refractivity contribution in [2.24, 2.45) is 0 Å². The minimum absolute atomic E-state index is 1.09. The van der Waals surface area contributed by atoms with Gasteiger partial charge in [0.2, 0.25) is 0 Å². The topological polar surface area (TPSA) is 8.17 Å². The maximum Gasteiger partial charge on any atom is 0.0547 e. The van der Waals surface area contributed by atoms with Gasteiger partial charge in [-0.05, 0) is 128 Å². The molecule has 0 aliphatic heterocycles. The first-order valence-electron chi connectivity index (χ1n) is 19.9. The second kappa shape index (κ2) is 14.1. The van der Waals surface area contributed by atoms with Gasteiger partial charge in [-0.3, -0.25) is 0 Å². The highest BCUT2D eigenvalue weighted by atomic mass is 15.1. The van der Waals surface area contributed by atoms with Crippen LogP contribution in [-0.2, 0) is 0 Å². The summed E-state index contributed by atoms with van der Waals surface area (Å²) < 4.78 is 2.41. The fourth-order valence-corrected chi connectivity index (χ4v) is 8.81. The zero-order chi connectivity index (χ0) is 38.4. The zero-order valence-corrected chi connectivity index (χ0v) is 31.8. The van der Waals surface area contributed by atoms with Gasteiger partial charge < -0.3 is 9.47 Å². The summed E-state index contributed by atoms with van der Waals surface area (Å²) in [6.07, 6.45) is 0. The quantitative estimate of drug-likeness (QED) is 0.158. The summed E-state index contributed by atoms with van der Waals surface area (Å²) in [6.45, 7) is 0. The summed E-state index contributed by atoms with van der Waals surface area (Å²) in [5.41, 5.74) is 14.0. The van der Waals surface area contributed by atoms with Gasteiger partial charge in [0.15, 0.2) is 0 Å². The Morgan fingerprint density at radius 2 is 0.879 bits per heavy atom. The number of nitrogens with zero attached hydrogens (tertiary/aromatic N) is 2. The molecule has 10 aromatic carbocycles. The van der Waals surface area contributed by atoms with E-state index >= 15 is 0 Å². The summed E-state index contributed by atoms with van der Waals surface area (Å²) in [7, 11) is 0. The number of fused-ring (bicyclic) bond motifs is 6.